The number of allylic oxidation sites excluding steroid dienone is 4. The predicted octanol–water partition coefficient (Wildman–Crippen LogP) is 3.63. The lowest BCUT2D eigenvalue weighted by Gasteiger charge is -2.38. The zero-order valence-electron chi connectivity index (χ0n) is 29.6. The normalized spacial score (nSPS) is 34.5. The van der Waals surface area contributed by atoms with Gasteiger partial charge in [-0.15, -0.1) is 0 Å². The van der Waals surface area contributed by atoms with E-state index in [-0.39, 0.29) is 28.0 Å². The lowest BCUT2D eigenvalue weighted by molar-refractivity contribution is -0.160. The summed E-state index contributed by atoms with van der Waals surface area (Å²) < 4.78 is 23.1. The first-order valence-electron chi connectivity index (χ1n) is 16.4. The Morgan fingerprint density at radius 2 is 1.60 bits per heavy atom. The number of Topliss-reactive ketones (excluding diaryl/α,β-unsaturated/α-hetero) is 2. The van der Waals surface area contributed by atoms with E-state index in [4.69, 9.17) is 18.9 Å². The van der Waals surface area contributed by atoms with Crippen LogP contribution in [0.3, 0.4) is 0 Å². The molecule has 4 N–H and O–H groups in total. The number of ketones is 3. The van der Waals surface area contributed by atoms with Gasteiger partial charge >= 0.3 is 11.8 Å². The third-order valence-electron chi connectivity index (χ3n) is 9.80. The molecular weight excluding hydrogens is 650 g/mol. The van der Waals surface area contributed by atoms with Gasteiger partial charge in [0.05, 0.1) is 47.0 Å². The molecule has 4 aliphatic rings. The highest BCUT2D eigenvalue weighted by Gasteiger charge is 2.51. The molecule has 1 aromatic rings. The number of aliphatic hydroxyl groups excluding tert-OH is 2. The van der Waals surface area contributed by atoms with E-state index < -0.39 is 100 Å². The van der Waals surface area contributed by atoms with Crippen molar-refractivity contribution in [3.63, 3.8) is 0 Å². The number of phenols is 1. The molecule has 5 bridgehead atoms. The zero-order chi connectivity index (χ0) is 37.4. The second kappa shape index (κ2) is 14.7. The number of methoxy groups -OCH3 is 1. The van der Waals surface area contributed by atoms with Gasteiger partial charge in [-0.05, 0) is 19.9 Å². The van der Waals surface area contributed by atoms with Crippen molar-refractivity contribution in [1.82, 2.24) is 5.32 Å². The number of carbonyl (C=O) groups excluding carboxylic acids is 5. The molecule has 13 nitrogen and oxygen atoms in total. The lowest BCUT2D eigenvalue weighted by atomic mass is 9.78. The molecular formula is C37H45NO12. The minimum Gasteiger partial charge on any atom is -0.507 e. The fourth-order valence-electron chi connectivity index (χ4n) is 6.62. The number of aliphatic hydroxyl groups is 2. The number of fused-ring (bicyclic) bond motifs is 14. The summed E-state index contributed by atoms with van der Waals surface area (Å²) in [6, 6.07) is 0. The zero-order valence-corrected chi connectivity index (χ0v) is 29.6. The SMILES string of the molecule is CO[C@@H]1/C=C/O[C@@]2(C)Oc3c(C)c(O)c4c(c3C2=O)C(=O)C=C(NC(=O)/C(C)=C\C=C\[C@H](C)[C@H](O)[C@H](C)[C@H](O)[C@H](C)[C@@H](OC(C)=O)[C@@H]1C)C4=O. The summed E-state index contributed by atoms with van der Waals surface area (Å²) >= 11 is 0. The molecule has 1 amide bonds. The summed E-state index contributed by atoms with van der Waals surface area (Å²) in [7, 11) is 1.42. The molecule has 0 radical (unpaired) electrons. The highest BCUT2D eigenvalue weighted by molar-refractivity contribution is 6.30. The molecule has 0 fully saturated rings. The number of benzene rings is 1. The minimum absolute atomic E-state index is 0.00885. The van der Waals surface area contributed by atoms with Crippen LogP contribution in [-0.2, 0) is 23.8 Å². The maximum atomic E-state index is 13.9. The average Bonchev–Trinajstić information content (AvgIpc) is 3.33. The number of hydrogen-bond donors (Lipinski definition) is 4. The third kappa shape index (κ3) is 7.03. The van der Waals surface area contributed by atoms with Crippen LogP contribution in [0, 0.1) is 30.6 Å². The van der Waals surface area contributed by atoms with Gasteiger partial charge in [0.2, 0.25) is 5.78 Å². The Hall–Kier alpha value is -4.59. The molecule has 50 heavy (non-hydrogen) atoms. The number of ether oxygens (including phenoxy) is 4. The first-order valence-corrected chi connectivity index (χ1v) is 16.4. The fourth-order valence-corrected chi connectivity index (χ4v) is 6.62. The molecule has 13 heteroatoms. The van der Waals surface area contributed by atoms with E-state index in [2.05, 4.69) is 5.32 Å². The molecule has 1 aromatic carbocycles. The molecule has 5 rings (SSSR count). The van der Waals surface area contributed by atoms with Gasteiger partial charge in [0.25, 0.3) is 11.7 Å². The topological polar surface area (TPSA) is 195 Å². The smallest absolute Gasteiger partial charge is 0.312 e. The van der Waals surface area contributed by atoms with Crippen LogP contribution in [0.1, 0.15) is 85.1 Å². The van der Waals surface area contributed by atoms with Crippen LogP contribution in [-0.4, -0.2) is 81.9 Å². The van der Waals surface area contributed by atoms with Crippen molar-refractivity contribution >= 4 is 29.2 Å². The summed E-state index contributed by atoms with van der Waals surface area (Å²) in [5.41, 5.74) is -1.31. The number of carbonyl (C=O) groups is 5. The van der Waals surface area contributed by atoms with Gasteiger partial charge < -0.3 is 39.6 Å². The summed E-state index contributed by atoms with van der Waals surface area (Å²) in [4.78, 5) is 66.2. The lowest BCUT2D eigenvalue weighted by Crippen LogP contribution is -2.46. The van der Waals surface area contributed by atoms with Gasteiger partial charge in [-0.2, -0.15) is 0 Å². The Morgan fingerprint density at radius 3 is 2.22 bits per heavy atom. The predicted molar refractivity (Wildman–Crippen MR) is 179 cm³/mol. The largest absolute Gasteiger partial charge is 0.507 e. The maximum absolute atomic E-state index is 13.9. The summed E-state index contributed by atoms with van der Waals surface area (Å²) in [5, 5.41) is 36.1. The van der Waals surface area contributed by atoms with Crippen LogP contribution in [0.5, 0.6) is 11.5 Å². The number of rotatable bonds is 2. The number of hydrogen-bond acceptors (Lipinski definition) is 12. The Bertz CT molecular complexity index is 1720. The standard InChI is InChI=1S/C37H45NO12/c1-16-11-10-12-17(2)36(46)38-23-15-24(40)26-27(32(23)44)31(43)21(6)34-28(26)35(45)37(8,50-34)48-14-13-25(47-9)18(3)33(49-22(7)39)20(5)30(42)19(4)29(16)41/h10-16,18-20,25,29-30,33,41-43H,1-9H3,(H,38,46)/b11-10+,14-13+,17-12-/t16-,18+,19-,20-,25+,29-,30-,33-,37-/m0/s1. The number of nitrogens with one attached hydrogen (secondary N) is 1. The third-order valence-corrected chi connectivity index (χ3v) is 9.80. The van der Waals surface area contributed by atoms with Crippen LogP contribution in [0.2, 0.25) is 0 Å². The summed E-state index contributed by atoms with van der Waals surface area (Å²) in [6.07, 6.45) is 4.31. The Morgan fingerprint density at radius 1 is 0.940 bits per heavy atom. The first kappa shape index (κ1) is 38.2. The van der Waals surface area contributed by atoms with Crippen molar-refractivity contribution in [3.8, 4) is 11.5 Å². The van der Waals surface area contributed by atoms with Crippen molar-refractivity contribution in [3.05, 3.63) is 70.2 Å². The fraction of sp³-hybridized carbons (Fsp3) is 0.486. The van der Waals surface area contributed by atoms with Gasteiger partial charge in [-0.25, -0.2) is 0 Å². The Labute approximate surface area is 290 Å². The maximum Gasteiger partial charge on any atom is 0.312 e. The van der Waals surface area contributed by atoms with Crippen molar-refractivity contribution in [2.24, 2.45) is 23.7 Å². The van der Waals surface area contributed by atoms with Gasteiger partial charge in [0.15, 0.2) is 5.78 Å². The number of aromatic hydroxyl groups is 1. The van der Waals surface area contributed by atoms with E-state index in [1.165, 1.54) is 47.0 Å². The van der Waals surface area contributed by atoms with Crippen LogP contribution < -0.4 is 10.1 Å². The molecule has 0 saturated carbocycles. The minimum atomic E-state index is -2.03. The first-order chi connectivity index (χ1) is 23.4. The highest BCUT2D eigenvalue weighted by atomic mass is 16.7. The highest BCUT2D eigenvalue weighted by Crippen LogP contribution is 2.47. The van der Waals surface area contributed by atoms with E-state index in [1.54, 1.807) is 39.8 Å². The average molecular weight is 696 g/mol. The van der Waals surface area contributed by atoms with E-state index in [9.17, 15) is 39.3 Å². The van der Waals surface area contributed by atoms with Crippen LogP contribution in [0.15, 0.2) is 47.9 Å². The van der Waals surface area contributed by atoms with Gasteiger partial charge in [0.1, 0.15) is 17.6 Å². The van der Waals surface area contributed by atoms with Gasteiger partial charge in [-0.1, -0.05) is 45.9 Å². The summed E-state index contributed by atoms with van der Waals surface area (Å²) in [5.74, 6) is -8.99. The molecule has 3 aliphatic heterocycles. The number of amides is 1. The van der Waals surface area contributed by atoms with E-state index in [0.29, 0.717) is 0 Å². The molecule has 1 aliphatic carbocycles. The van der Waals surface area contributed by atoms with E-state index >= 15 is 0 Å². The second-order valence-electron chi connectivity index (χ2n) is 13.4. The summed E-state index contributed by atoms with van der Waals surface area (Å²) in [6.45, 7) is 12.3. The molecule has 3 heterocycles. The van der Waals surface area contributed by atoms with Crippen molar-refractivity contribution in [2.75, 3.05) is 7.11 Å². The Balaban J connectivity index is 1.83. The van der Waals surface area contributed by atoms with Crippen LogP contribution in [0.4, 0.5) is 0 Å². The number of phenolic OH excluding ortho intramolecular Hbond substituents is 1. The van der Waals surface area contributed by atoms with Crippen molar-refractivity contribution in [2.45, 2.75) is 85.6 Å². The van der Waals surface area contributed by atoms with Crippen molar-refractivity contribution < 1.29 is 58.2 Å². The molecule has 0 unspecified atom stereocenters. The monoisotopic (exact) mass is 695 g/mol. The van der Waals surface area contributed by atoms with E-state index in [0.717, 1.165) is 12.3 Å². The Kier molecular flexibility index (Phi) is 11.2. The van der Waals surface area contributed by atoms with Gasteiger partial charge in [-0.3, -0.25) is 24.0 Å². The van der Waals surface area contributed by atoms with Crippen molar-refractivity contribution in [1.29, 1.82) is 0 Å². The number of esters is 1. The van der Waals surface area contributed by atoms with Crippen LogP contribution >= 0.6 is 0 Å². The second-order valence-corrected chi connectivity index (χ2v) is 13.4. The quantitative estimate of drug-likeness (QED) is 0.329. The van der Waals surface area contributed by atoms with Gasteiger partial charge in [0, 0.05) is 61.8 Å². The molecule has 9 atom stereocenters. The molecule has 0 spiro atoms. The molecule has 0 saturated heterocycles. The van der Waals surface area contributed by atoms with Crippen LogP contribution in [0.25, 0.3) is 0 Å². The van der Waals surface area contributed by atoms with E-state index in [1.807, 2.05) is 0 Å². The molecule has 270 valence electrons. The molecule has 0 aromatic heterocycles.